The highest BCUT2D eigenvalue weighted by atomic mass is 35.5. The lowest BCUT2D eigenvalue weighted by Gasteiger charge is -2.09. The van der Waals surface area contributed by atoms with Gasteiger partial charge in [-0.3, -0.25) is 0 Å². The highest BCUT2D eigenvalue weighted by Crippen LogP contribution is 2.26. The molecule has 2 rings (SSSR count). The molecule has 0 unspecified atom stereocenters. The molecule has 0 atom stereocenters. The van der Waals surface area contributed by atoms with Crippen LogP contribution in [0.3, 0.4) is 0 Å². The molecule has 2 aromatic carbocycles. The van der Waals surface area contributed by atoms with E-state index in [4.69, 9.17) is 27.3 Å². The first-order chi connectivity index (χ1) is 9.10. The average molecular weight is 277 g/mol. The van der Waals surface area contributed by atoms with E-state index < -0.39 is 5.82 Å². The Morgan fingerprint density at radius 2 is 2.05 bits per heavy atom. The second-order valence-corrected chi connectivity index (χ2v) is 4.33. The summed E-state index contributed by atoms with van der Waals surface area (Å²) >= 11 is 5.77. The van der Waals surface area contributed by atoms with Crippen molar-refractivity contribution < 1.29 is 9.13 Å². The number of hydrogen-bond acceptors (Lipinski definition) is 3. The molecular weight excluding hydrogens is 267 g/mol. The molecule has 2 N–H and O–H groups in total. The van der Waals surface area contributed by atoms with Gasteiger partial charge in [0.15, 0.2) is 0 Å². The molecule has 0 heterocycles. The number of nitriles is 1. The first kappa shape index (κ1) is 13.2. The van der Waals surface area contributed by atoms with Gasteiger partial charge in [-0.15, -0.1) is 0 Å². The fourth-order valence-corrected chi connectivity index (χ4v) is 1.72. The number of nitrogen functional groups attached to an aromatic ring is 1. The van der Waals surface area contributed by atoms with Crippen LogP contribution in [0, 0.1) is 17.1 Å². The minimum Gasteiger partial charge on any atom is -0.487 e. The van der Waals surface area contributed by atoms with Crippen molar-refractivity contribution in [2.45, 2.75) is 6.61 Å². The van der Waals surface area contributed by atoms with Gasteiger partial charge in [-0.2, -0.15) is 5.26 Å². The molecule has 96 valence electrons. The summed E-state index contributed by atoms with van der Waals surface area (Å²) in [5.41, 5.74) is 6.74. The van der Waals surface area contributed by atoms with Crippen molar-refractivity contribution in [3.8, 4) is 11.8 Å². The van der Waals surface area contributed by atoms with Gasteiger partial charge in [-0.1, -0.05) is 17.7 Å². The fourth-order valence-electron chi connectivity index (χ4n) is 1.54. The van der Waals surface area contributed by atoms with Crippen LogP contribution < -0.4 is 10.5 Å². The zero-order valence-electron chi connectivity index (χ0n) is 9.86. The van der Waals surface area contributed by atoms with E-state index in [2.05, 4.69) is 0 Å². The number of benzene rings is 2. The molecule has 0 aromatic heterocycles. The monoisotopic (exact) mass is 276 g/mol. The SMILES string of the molecule is N#Cc1ccc(COc2ccc(Cl)cc2N)c(F)c1. The number of rotatable bonds is 3. The molecule has 3 nitrogen and oxygen atoms in total. The third kappa shape index (κ3) is 3.15. The molecule has 0 bridgehead atoms. The lowest BCUT2D eigenvalue weighted by Crippen LogP contribution is -2.01. The average Bonchev–Trinajstić information content (AvgIpc) is 2.39. The number of anilines is 1. The zero-order valence-corrected chi connectivity index (χ0v) is 10.6. The quantitative estimate of drug-likeness (QED) is 0.873. The summed E-state index contributed by atoms with van der Waals surface area (Å²) in [6.07, 6.45) is 0. The number of nitrogens with zero attached hydrogens (tertiary/aromatic N) is 1. The summed E-state index contributed by atoms with van der Waals surface area (Å²) < 4.78 is 19.0. The van der Waals surface area contributed by atoms with Crippen molar-refractivity contribution in [2.24, 2.45) is 0 Å². The summed E-state index contributed by atoms with van der Waals surface area (Å²) in [5.74, 6) is -0.0419. The second kappa shape index (κ2) is 5.59. The maximum atomic E-state index is 13.6. The van der Waals surface area contributed by atoms with E-state index >= 15 is 0 Å². The predicted molar refractivity (Wildman–Crippen MR) is 71.3 cm³/mol. The highest BCUT2D eigenvalue weighted by Gasteiger charge is 2.06. The molecule has 0 saturated carbocycles. The van der Waals surface area contributed by atoms with Gasteiger partial charge in [0, 0.05) is 10.6 Å². The molecule has 0 aliphatic rings. The van der Waals surface area contributed by atoms with Gasteiger partial charge >= 0.3 is 0 Å². The van der Waals surface area contributed by atoms with E-state index in [-0.39, 0.29) is 12.2 Å². The Bertz CT molecular complexity index is 652. The Morgan fingerprint density at radius 1 is 1.26 bits per heavy atom. The smallest absolute Gasteiger partial charge is 0.142 e. The number of hydrogen-bond donors (Lipinski definition) is 1. The van der Waals surface area contributed by atoms with E-state index in [0.29, 0.717) is 22.0 Å². The number of halogens is 2. The minimum atomic E-state index is -0.480. The van der Waals surface area contributed by atoms with Crippen LogP contribution in [0.5, 0.6) is 5.75 Å². The Morgan fingerprint density at radius 3 is 2.68 bits per heavy atom. The standard InChI is InChI=1S/C14H10ClFN2O/c15-11-3-4-14(13(18)6-11)19-8-10-2-1-9(7-17)5-12(10)16/h1-6H,8,18H2. The third-order valence-electron chi connectivity index (χ3n) is 2.54. The molecule has 5 heteroatoms. The van der Waals surface area contributed by atoms with Crippen molar-refractivity contribution in [3.05, 3.63) is 58.4 Å². The van der Waals surface area contributed by atoms with Crippen molar-refractivity contribution in [2.75, 3.05) is 5.73 Å². The predicted octanol–water partition coefficient (Wildman–Crippen LogP) is 3.51. The highest BCUT2D eigenvalue weighted by molar-refractivity contribution is 6.30. The van der Waals surface area contributed by atoms with Gasteiger partial charge in [-0.05, 0) is 30.3 Å². The van der Waals surface area contributed by atoms with Crippen LogP contribution in [0.15, 0.2) is 36.4 Å². The molecule has 0 saturated heterocycles. The van der Waals surface area contributed by atoms with Gasteiger partial charge in [0.25, 0.3) is 0 Å². The van der Waals surface area contributed by atoms with Crippen LogP contribution in [-0.2, 0) is 6.61 Å². The van der Waals surface area contributed by atoms with E-state index in [1.54, 1.807) is 18.2 Å². The van der Waals surface area contributed by atoms with Crippen LogP contribution in [0.4, 0.5) is 10.1 Å². The summed E-state index contributed by atoms with van der Waals surface area (Å²) in [7, 11) is 0. The minimum absolute atomic E-state index is 0.0311. The molecule has 2 aromatic rings. The van der Waals surface area contributed by atoms with Crippen LogP contribution in [0.1, 0.15) is 11.1 Å². The Hall–Kier alpha value is -2.25. The number of nitrogens with two attached hydrogens (primary N) is 1. The van der Waals surface area contributed by atoms with E-state index in [9.17, 15) is 4.39 Å². The van der Waals surface area contributed by atoms with E-state index in [1.165, 1.54) is 18.2 Å². The van der Waals surface area contributed by atoms with Crippen LogP contribution in [-0.4, -0.2) is 0 Å². The Kier molecular flexibility index (Phi) is 3.88. The van der Waals surface area contributed by atoms with Crippen LogP contribution >= 0.6 is 11.6 Å². The molecule has 19 heavy (non-hydrogen) atoms. The summed E-state index contributed by atoms with van der Waals surface area (Å²) in [5, 5.41) is 9.15. The summed E-state index contributed by atoms with van der Waals surface area (Å²) in [6, 6.07) is 10.9. The molecule has 0 fully saturated rings. The summed E-state index contributed by atoms with van der Waals surface area (Å²) in [4.78, 5) is 0. The Labute approximate surface area is 115 Å². The lowest BCUT2D eigenvalue weighted by molar-refractivity contribution is 0.301. The lowest BCUT2D eigenvalue weighted by atomic mass is 10.1. The first-order valence-corrected chi connectivity index (χ1v) is 5.84. The molecule has 0 radical (unpaired) electrons. The molecule has 0 spiro atoms. The summed E-state index contributed by atoms with van der Waals surface area (Å²) in [6.45, 7) is 0.0311. The molecule has 0 aliphatic carbocycles. The van der Waals surface area contributed by atoms with Crippen molar-refractivity contribution in [1.82, 2.24) is 0 Å². The van der Waals surface area contributed by atoms with Crippen molar-refractivity contribution >= 4 is 17.3 Å². The zero-order chi connectivity index (χ0) is 13.8. The normalized spacial score (nSPS) is 9.95. The first-order valence-electron chi connectivity index (χ1n) is 5.46. The van der Waals surface area contributed by atoms with Crippen molar-refractivity contribution in [1.29, 1.82) is 5.26 Å². The van der Waals surface area contributed by atoms with Gasteiger partial charge < -0.3 is 10.5 Å². The van der Waals surface area contributed by atoms with Gasteiger partial charge in [-0.25, -0.2) is 4.39 Å². The van der Waals surface area contributed by atoms with Crippen LogP contribution in [0.2, 0.25) is 5.02 Å². The second-order valence-electron chi connectivity index (χ2n) is 3.89. The van der Waals surface area contributed by atoms with E-state index in [0.717, 1.165) is 0 Å². The number of ether oxygens (including phenoxy) is 1. The van der Waals surface area contributed by atoms with Gasteiger partial charge in [0.2, 0.25) is 0 Å². The van der Waals surface area contributed by atoms with Gasteiger partial charge in [0.05, 0.1) is 17.3 Å². The van der Waals surface area contributed by atoms with E-state index in [1.807, 2.05) is 6.07 Å². The van der Waals surface area contributed by atoms with Gasteiger partial charge in [0.1, 0.15) is 18.2 Å². The van der Waals surface area contributed by atoms with Crippen LogP contribution in [0.25, 0.3) is 0 Å². The van der Waals surface area contributed by atoms with Crippen molar-refractivity contribution in [3.63, 3.8) is 0 Å². The fraction of sp³-hybridized carbons (Fsp3) is 0.0714. The molecule has 0 aliphatic heterocycles. The molecule has 0 amide bonds. The Balaban J connectivity index is 2.13. The topological polar surface area (TPSA) is 59.0 Å². The largest absolute Gasteiger partial charge is 0.487 e. The maximum absolute atomic E-state index is 13.6. The molecular formula is C14H10ClFN2O. The third-order valence-corrected chi connectivity index (χ3v) is 2.77. The maximum Gasteiger partial charge on any atom is 0.142 e.